The molecule has 0 bridgehead atoms. The number of H-pyrrole nitrogens is 1. The van der Waals surface area contributed by atoms with E-state index >= 15 is 0 Å². The monoisotopic (exact) mass is 193 g/mol. The van der Waals surface area contributed by atoms with Gasteiger partial charge in [-0.1, -0.05) is 6.92 Å². The first-order valence-electron chi connectivity index (χ1n) is 5.05. The molecule has 1 aromatic rings. The summed E-state index contributed by atoms with van der Waals surface area (Å²) in [6.07, 6.45) is 5.80. The van der Waals surface area contributed by atoms with Crippen LogP contribution in [0, 0.1) is 11.8 Å². The van der Waals surface area contributed by atoms with E-state index in [9.17, 15) is 4.79 Å². The normalized spacial score (nSPS) is 17.8. The maximum absolute atomic E-state index is 11.2. The highest BCUT2D eigenvalue weighted by atomic mass is 16.1. The summed E-state index contributed by atoms with van der Waals surface area (Å²) in [5.74, 6) is 1.92. The van der Waals surface area contributed by atoms with Crippen molar-refractivity contribution >= 4 is 5.82 Å². The maximum atomic E-state index is 11.2. The van der Waals surface area contributed by atoms with Gasteiger partial charge in [0.25, 0.3) is 5.56 Å². The van der Waals surface area contributed by atoms with Crippen LogP contribution < -0.4 is 10.9 Å². The van der Waals surface area contributed by atoms with Crippen LogP contribution in [0.4, 0.5) is 5.82 Å². The summed E-state index contributed by atoms with van der Waals surface area (Å²) in [7, 11) is 0. The molecule has 0 radical (unpaired) electrons. The Kier molecular flexibility index (Phi) is 2.52. The molecule has 1 unspecified atom stereocenters. The molecule has 1 aromatic heterocycles. The quantitative estimate of drug-likeness (QED) is 0.756. The molecular formula is C10H15N3O. The van der Waals surface area contributed by atoms with Gasteiger partial charge in [-0.2, -0.15) is 0 Å². The molecule has 2 rings (SSSR count). The number of aromatic nitrogens is 2. The van der Waals surface area contributed by atoms with Crippen LogP contribution in [0.1, 0.15) is 19.8 Å². The Bertz CT molecular complexity index is 356. The highest BCUT2D eigenvalue weighted by molar-refractivity contribution is 5.29. The Balaban J connectivity index is 1.91. The fraction of sp³-hybridized carbons (Fsp3) is 0.600. The van der Waals surface area contributed by atoms with Crippen molar-refractivity contribution in [3.8, 4) is 0 Å². The van der Waals surface area contributed by atoms with E-state index in [0.29, 0.717) is 11.7 Å². The predicted molar refractivity (Wildman–Crippen MR) is 55.2 cm³/mol. The molecular weight excluding hydrogens is 178 g/mol. The molecule has 1 aliphatic rings. The molecule has 4 nitrogen and oxygen atoms in total. The highest BCUT2D eigenvalue weighted by Crippen LogP contribution is 2.36. The Morgan fingerprint density at radius 1 is 1.71 bits per heavy atom. The molecule has 2 N–H and O–H groups in total. The zero-order chi connectivity index (χ0) is 9.97. The van der Waals surface area contributed by atoms with Crippen molar-refractivity contribution in [2.45, 2.75) is 19.8 Å². The van der Waals surface area contributed by atoms with Gasteiger partial charge in [0.1, 0.15) is 0 Å². The number of aromatic amines is 1. The van der Waals surface area contributed by atoms with Crippen LogP contribution in [0.5, 0.6) is 0 Å². The first-order chi connectivity index (χ1) is 6.77. The van der Waals surface area contributed by atoms with Crippen molar-refractivity contribution in [2.75, 3.05) is 11.9 Å². The van der Waals surface area contributed by atoms with Crippen molar-refractivity contribution in [1.29, 1.82) is 0 Å². The van der Waals surface area contributed by atoms with Crippen LogP contribution in [0.2, 0.25) is 0 Å². The highest BCUT2D eigenvalue weighted by Gasteiger charge is 2.27. The van der Waals surface area contributed by atoms with Gasteiger partial charge in [0, 0.05) is 18.9 Å². The number of hydrogen-bond donors (Lipinski definition) is 2. The van der Waals surface area contributed by atoms with E-state index < -0.39 is 0 Å². The second-order valence-electron chi connectivity index (χ2n) is 3.96. The Morgan fingerprint density at radius 2 is 2.50 bits per heavy atom. The zero-order valence-corrected chi connectivity index (χ0v) is 8.29. The van der Waals surface area contributed by atoms with E-state index in [-0.39, 0.29) is 5.56 Å². The molecule has 0 aromatic carbocycles. The lowest BCUT2D eigenvalue weighted by molar-refractivity contribution is 0.535. The molecule has 1 aliphatic carbocycles. The van der Waals surface area contributed by atoms with Crippen molar-refractivity contribution in [2.24, 2.45) is 11.8 Å². The van der Waals surface area contributed by atoms with E-state index in [2.05, 4.69) is 22.2 Å². The smallest absolute Gasteiger partial charge is 0.290 e. The van der Waals surface area contributed by atoms with Crippen molar-refractivity contribution in [3.05, 3.63) is 22.7 Å². The summed E-state index contributed by atoms with van der Waals surface area (Å²) in [6.45, 7) is 3.05. The fourth-order valence-corrected chi connectivity index (χ4v) is 1.57. The third kappa shape index (κ3) is 2.13. The average molecular weight is 193 g/mol. The summed E-state index contributed by atoms with van der Waals surface area (Å²) in [6, 6.07) is 0. The molecule has 1 fully saturated rings. The number of rotatable bonds is 4. The van der Waals surface area contributed by atoms with Gasteiger partial charge >= 0.3 is 0 Å². The summed E-state index contributed by atoms with van der Waals surface area (Å²) in [4.78, 5) is 17.8. The first-order valence-corrected chi connectivity index (χ1v) is 5.05. The van der Waals surface area contributed by atoms with Gasteiger partial charge in [0.05, 0.1) is 0 Å². The molecule has 1 saturated carbocycles. The van der Waals surface area contributed by atoms with Crippen molar-refractivity contribution in [1.82, 2.24) is 9.97 Å². The fourth-order valence-electron chi connectivity index (χ4n) is 1.57. The number of nitrogens with zero attached hydrogens (tertiary/aromatic N) is 1. The molecule has 4 heteroatoms. The Morgan fingerprint density at radius 3 is 3.14 bits per heavy atom. The van der Waals surface area contributed by atoms with Gasteiger partial charge in [-0.15, -0.1) is 0 Å². The van der Waals surface area contributed by atoms with E-state index in [1.54, 1.807) is 6.20 Å². The van der Waals surface area contributed by atoms with Gasteiger partial charge in [0.15, 0.2) is 5.82 Å². The topological polar surface area (TPSA) is 57.8 Å². The van der Waals surface area contributed by atoms with Gasteiger partial charge < -0.3 is 10.3 Å². The molecule has 1 atom stereocenters. The molecule has 1 heterocycles. The summed E-state index contributed by atoms with van der Waals surface area (Å²) >= 11 is 0. The zero-order valence-electron chi connectivity index (χ0n) is 8.29. The van der Waals surface area contributed by atoms with Gasteiger partial charge in [-0.05, 0) is 24.7 Å². The third-order valence-electron chi connectivity index (χ3n) is 2.73. The second-order valence-corrected chi connectivity index (χ2v) is 3.96. The lowest BCUT2D eigenvalue weighted by Gasteiger charge is -2.10. The second kappa shape index (κ2) is 3.82. The summed E-state index contributed by atoms with van der Waals surface area (Å²) in [5, 5.41) is 3.08. The Labute approximate surface area is 82.8 Å². The van der Waals surface area contributed by atoms with Gasteiger partial charge in [0.2, 0.25) is 0 Å². The van der Waals surface area contributed by atoms with E-state index in [4.69, 9.17) is 0 Å². The van der Waals surface area contributed by atoms with Crippen molar-refractivity contribution in [3.63, 3.8) is 0 Å². The van der Waals surface area contributed by atoms with Crippen LogP contribution in [-0.2, 0) is 0 Å². The van der Waals surface area contributed by atoms with Crippen molar-refractivity contribution < 1.29 is 0 Å². The van der Waals surface area contributed by atoms with Crippen LogP contribution in [0.3, 0.4) is 0 Å². The molecule has 76 valence electrons. The molecule has 0 spiro atoms. The van der Waals surface area contributed by atoms with E-state index in [0.717, 1.165) is 12.5 Å². The van der Waals surface area contributed by atoms with Gasteiger partial charge in [-0.3, -0.25) is 4.79 Å². The van der Waals surface area contributed by atoms with Gasteiger partial charge in [-0.25, -0.2) is 4.98 Å². The van der Waals surface area contributed by atoms with E-state index in [1.807, 2.05) is 0 Å². The lowest BCUT2D eigenvalue weighted by Crippen LogP contribution is -2.20. The predicted octanol–water partition coefficient (Wildman–Crippen LogP) is 1.23. The first kappa shape index (κ1) is 9.24. The van der Waals surface area contributed by atoms with Crippen LogP contribution in [0.15, 0.2) is 17.2 Å². The summed E-state index contributed by atoms with van der Waals surface area (Å²) in [5.41, 5.74) is -0.143. The number of anilines is 1. The summed E-state index contributed by atoms with van der Waals surface area (Å²) < 4.78 is 0. The molecule has 14 heavy (non-hydrogen) atoms. The van der Waals surface area contributed by atoms with Crippen LogP contribution in [-0.4, -0.2) is 16.5 Å². The molecule has 0 saturated heterocycles. The largest absolute Gasteiger partial charge is 0.365 e. The van der Waals surface area contributed by atoms with E-state index in [1.165, 1.54) is 19.0 Å². The average Bonchev–Trinajstić information content (AvgIpc) is 2.99. The van der Waals surface area contributed by atoms with Crippen LogP contribution >= 0.6 is 0 Å². The third-order valence-corrected chi connectivity index (χ3v) is 2.73. The maximum Gasteiger partial charge on any atom is 0.290 e. The molecule has 0 aliphatic heterocycles. The number of hydrogen-bond acceptors (Lipinski definition) is 3. The SMILES string of the molecule is CC(CNc1ncc[nH]c1=O)C1CC1. The minimum atomic E-state index is -0.143. The molecule has 0 amide bonds. The Hall–Kier alpha value is -1.32. The standard InChI is InChI=1S/C10H15N3O/c1-7(8-2-3-8)6-13-9-10(14)12-5-4-11-9/h4-5,7-8H,2-3,6H2,1H3,(H,11,13)(H,12,14). The minimum Gasteiger partial charge on any atom is -0.365 e. The number of nitrogens with one attached hydrogen (secondary N) is 2. The lowest BCUT2D eigenvalue weighted by atomic mass is 10.1. The van der Waals surface area contributed by atoms with Crippen LogP contribution in [0.25, 0.3) is 0 Å². The minimum absolute atomic E-state index is 0.143.